The molecule has 0 unspecified atom stereocenters. The number of esters is 1. The van der Waals surface area contributed by atoms with Crippen molar-refractivity contribution in [1.29, 1.82) is 0 Å². The molecule has 0 aliphatic rings. The fourth-order valence-corrected chi connectivity index (χ4v) is 3.34. The quantitative estimate of drug-likeness (QED) is 0.374. The Morgan fingerprint density at radius 1 is 1.17 bits per heavy atom. The van der Waals surface area contributed by atoms with Crippen molar-refractivity contribution in [3.63, 3.8) is 0 Å². The SMILES string of the molecule is CCOC(=O)c1ccccc1-c1oc(Br)c2cc(CBr)ccc12. The zero-order valence-electron chi connectivity index (χ0n) is 12.4. The number of furan rings is 1. The lowest BCUT2D eigenvalue weighted by atomic mass is 10.0. The maximum absolute atomic E-state index is 12.2. The Morgan fingerprint density at radius 3 is 2.70 bits per heavy atom. The first-order valence-electron chi connectivity index (χ1n) is 7.19. The van der Waals surface area contributed by atoms with Gasteiger partial charge in [-0.2, -0.15) is 0 Å². The van der Waals surface area contributed by atoms with Crippen LogP contribution < -0.4 is 0 Å². The number of hydrogen-bond acceptors (Lipinski definition) is 3. The Morgan fingerprint density at radius 2 is 1.96 bits per heavy atom. The second-order valence-electron chi connectivity index (χ2n) is 4.98. The summed E-state index contributed by atoms with van der Waals surface area (Å²) in [5.74, 6) is 0.317. The molecule has 3 nitrogen and oxygen atoms in total. The van der Waals surface area contributed by atoms with Crippen LogP contribution in [-0.2, 0) is 10.1 Å². The van der Waals surface area contributed by atoms with Crippen molar-refractivity contribution < 1.29 is 13.9 Å². The van der Waals surface area contributed by atoms with Crippen molar-refractivity contribution in [2.75, 3.05) is 6.61 Å². The second-order valence-corrected chi connectivity index (χ2v) is 6.27. The van der Waals surface area contributed by atoms with Gasteiger partial charge in [-0.1, -0.05) is 46.3 Å². The van der Waals surface area contributed by atoms with E-state index < -0.39 is 0 Å². The number of carbonyl (C=O) groups excluding carboxylic acids is 1. The Balaban J connectivity index is 2.20. The molecule has 0 saturated heterocycles. The smallest absolute Gasteiger partial charge is 0.338 e. The molecule has 23 heavy (non-hydrogen) atoms. The Hall–Kier alpha value is -1.59. The molecule has 2 aromatic carbocycles. The van der Waals surface area contributed by atoms with Gasteiger partial charge < -0.3 is 9.15 Å². The van der Waals surface area contributed by atoms with E-state index in [1.807, 2.05) is 30.3 Å². The molecule has 0 fully saturated rings. The van der Waals surface area contributed by atoms with Crippen molar-refractivity contribution in [2.24, 2.45) is 0 Å². The summed E-state index contributed by atoms with van der Waals surface area (Å²) < 4.78 is 11.7. The topological polar surface area (TPSA) is 39.4 Å². The average molecular weight is 438 g/mol. The van der Waals surface area contributed by atoms with Crippen LogP contribution in [0.1, 0.15) is 22.8 Å². The van der Waals surface area contributed by atoms with Crippen molar-refractivity contribution in [3.05, 3.63) is 58.3 Å². The van der Waals surface area contributed by atoms with Crippen LogP contribution in [-0.4, -0.2) is 12.6 Å². The normalized spacial score (nSPS) is 10.9. The van der Waals surface area contributed by atoms with Gasteiger partial charge in [-0.05, 0) is 40.5 Å². The summed E-state index contributed by atoms with van der Waals surface area (Å²) in [4.78, 5) is 12.2. The molecule has 3 aromatic rings. The second kappa shape index (κ2) is 6.89. The van der Waals surface area contributed by atoms with Gasteiger partial charge in [0.25, 0.3) is 0 Å². The third kappa shape index (κ3) is 3.08. The highest BCUT2D eigenvalue weighted by Crippen LogP contribution is 2.38. The molecule has 0 spiro atoms. The van der Waals surface area contributed by atoms with Gasteiger partial charge >= 0.3 is 5.97 Å². The Kier molecular flexibility index (Phi) is 4.87. The van der Waals surface area contributed by atoms with Crippen LogP contribution in [0.4, 0.5) is 0 Å². The van der Waals surface area contributed by atoms with E-state index in [9.17, 15) is 4.79 Å². The summed E-state index contributed by atoms with van der Waals surface area (Å²) >= 11 is 6.93. The van der Waals surface area contributed by atoms with E-state index in [1.165, 1.54) is 0 Å². The first kappa shape index (κ1) is 16.3. The van der Waals surface area contributed by atoms with Crippen LogP contribution in [0, 0.1) is 0 Å². The summed E-state index contributed by atoms with van der Waals surface area (Å²) in [6.45, 7) is 2.13. The highest BCUT2D eigenvalue weighted by Gasteiger charge is 2.20. The number of benzene rings is 2. The lowest BCUT2D eigenvalue weighted by Crippen LogP contribution is -2.06. The summed E-state index contributed by atoms with van der Waals surface area (Å²) in [7, 11) is 0. The highest BCUT2D eigenvalue weighted by atomic mass is 79.9. The third-order valence-electron chi connectivity index (χ3n) is 3.55. The molecule has 0 atom stereocenters. The monoisotopic (exact) mass is 436 g/mol. The zero-order valence-corrected chi connectivity index (χ0v) is 15.6. The van der Waals surface area contributed by atoms with Gasteiger partial charge in [0.1, 0.15) is 5.76 Å². The average Bonchev–Trinajstić information content (AvgIpc) is 2.91. The fourth-order valence-electron chi connectivity index (χ4n) is 2.50. The number of ether oxygens (including phenoxy) is 1. The fraction of sp³-hybridized carbons (Fsp3) is 0.167. The lowest BCUT2D eigenvalue weighted by Gasteiger charge is -2.07. The molecule has 0 amide bonds. The molecule has 0 aliphatic carbocycles. The van der Waals surface area contributed by atoms with E-state index in [0.29, 0.717) is 22.6 Å². The maximum Gasteiger partial charge on any atom is 0.338 e. The maximum atomic E-state index is 12.2. The molecule has 118 valence electrons. The molecule has 0 aliphatic heterocycles. The number of fused-ring (bicyclic) bond motifs is 1. The van der Waals surface area contributed by atoms with Crippen LogP contribution >= 0.6 is 31.9 Å². The largest absolute Gasteiger partial charge is 0.462 e. The lowest BCUT2D eigenvalue weighted by molar-refractivity contribution is 0.0527. The number of alkyl halides is 1. The standard InChI is InChI=1S/C18H14Br2O3/c1-2-22-18(21)14-6-4-3-5-12(14)16-13-8-7-11(10-19)9-15(13)17(20)23-16/h3-9H,2,10H2,1H3. The van der Waals surface area contributed by atoms with Gasteiger partial charge in [0.05, 0.1) is 12.2 Å². The molecule has 1 aromatic heterocycles. The van der Waals surface area contributed by atoms with Crippen LogP contribution in [0.25, 0.3) is 22.1 Å². The molecular formula is C18H14Br2O3. The number of rotatable bonds is 4. The van der Waals surface area contributed by atoms with E-state index >= 15 is 0 Å². The van der Waals surface area contributed by atoms with E-state index in [1.54, 1.807) is 13.0 Å². The first-order valence-corrected chi connectivity index (χ1v) is 9.10. The van der Waals surface area contributed by atoms with E-state index in [2.05, 4.69) is 37.9 Å². The Bertz CT molecular complexity index is 868. The van der Waals surface area contributed by atoms with Crippen molar-refractivity contribution in [2.45, 2.75) is 12.3 Å². The Labute approximate surface area is 150 Å². The van der Waals surface area contributed by atoms with Crippen LogP contribution in [0.15, 0.2) is 51.6 Å². The molecule has 5 heteroatoms. The minimum atomic E-state index is -0.346. The third-order valence-corrected chi connectivity index (χ3v) is 4.79. The molecule has 0 radical (unpaired) electrons. The predicted molar refractivity (Wildman–Crippen MR) is 97.9 cm³/mol. The summed E-state index contributed by atoms with van der Waals surface area (Å²) in [5, 5.41) is 2.71. The van der Waals surface area contributed by atoms with Crippen LogP contribution in [0.3, 0.4) is 0 Å². The summed E-state index contributed by atoms with van der Waals surface area (Å²) in [6, 6.07) is 13.4. The molecule has 0 saturated carbocycles. The van der Waals surface area contributed by atoms with Gasteiger partial charge in [0, 0.05) is 21.7 Å². The minimum Gasteiger partial charge on any atom is -0.462 e. The van der Waals surface area contributed by atoms with E-state index in [0.717, 1.165) is 27.2 Å². The molecule has 3 rings (SSSR count). The van der Waals surface area contributed by atoms with E-state index in [4.69, 9.17) is 9.15 Å². The number of halogens is 2. The van der Waals surface area contributed by atoms with Gasteiger partial charge in [0.2, 0.25) is 0 Å². The number of carbonyl (C=O) groups is 1. The molecule has 0 bridgehead atoms. The van der Waals surface area contributed by atoms with Crippen molar-refractivity contribution >= 4 is 48.6 Å². The first-order chi connectivity index (χ1) is 11.2. The summed E-state index contributed by atoms with van der Waals surface area (Å²) in [6.07, 6.45) is 0. The number of hydrogen-bond donors (Lipinski definition) is 0. The zero-order chi connectivity index (χ0) is 16.4. The molecular weight excluding hydrogens is 424 g/mol. The van der Waals surface area contributed by atoms with Gasteiger partial charge in [-0.25, -0.2) is 4.79 Å². The van der Waals surface area contributed by atoms with Crippen molar-refractivity contribution in [3.8, 4) is 11.3 Å². The van der Waals surface area contributed by atoms with E-state index in [-0.39, 0.29) is 5.97 Å². The van der Waals surface area contributed by atoms with Gasteiger partial charge in [0.15, 0.2) is 4.67 Å². The van der Waals surface area contributed by atoms with Gasteiger partial charge in [-0.15, -0.1) is 0 Å². The minimum absolute atomic E-state index is 0.338. The van der Waals surface area contributed by atoms with Crippen LogP contribution in [0.2, 0.25) is 0 Å². The predicted octanol–water partition coefficient (Wildman–Crippen LogP) is 5.93. The molecule has 0 N–H and O–H groups in total. The highest BCUT2D eigenvalue weighted by molar-refractivity contribution is 9.10. The van der Waals surface area contributed by atoms with Crippen LogP contribution in [0.5, 0.6) is 0 Å². The summed E-state index contributed by atoms with van der Waals surface area (Å²) in [5.41, 5.74) is 2.39. The molecule has 1 heterocycles. The van der Waals surface area contributed by atoms with Gasteiger partial charge in [-0.3, -0.25) is 0 Å². The van der Waals surface area contributed by atoms with Crippen molar-refractivity contribution in [1.82, 2.24) is 0 Å².